The zero-order chi connectivity index (χ0) is 29.3. The summed E-state index contributed by atoms with van der Waals surface area (Å²) in [7, 11) is 1.64. The molecule has 7 heteroatoms. The van der Waals surface area contributed by atoms with Crippen molar-refractivity contribution in [3.05, 3.63) is 114 Å². The van der Waals surface area contributed by atoms with Gasteiger partial charge in [-0.1, -0.05) is 67.8 Å². The Hall–Kier alpha value is -4.39. The first-order valence-electron chi connectivity index (χ1n) is 15.0. The fraction of sp³-hybridized carbons (Fsp3) is 0.343. The van der Waals surface area contributed by atoms with E-state index in [2.05, 4.69) is 54.0 Å². The normalized spacial score (nSPS) is 14.3. The van der Waals surface area contributed by atoms with E-state index in [1.165, 1.54) is 35.3 Å². The Morgan fingerprint density at radius 3 is 2.26 bits per heavy atom. The number of para-hydroxylation sites is 1. The number of carbonyl (C=O) groups is 2. The maximum Gasteiger partial charge on any atom is 0.305 e. The van der Waals surface area contributed by atoms with Gasteiger partial charge in [-0.15, -0.1) is 0 Å². The Kier molecular flexibility index (Phi) is 9.70. The van der Waals surface area contributed by atoms with Crippen LogP contribution in [0.4, 0.5) is 5.69 Å². The van der Waals surface area contributed by atoms with Gasteiger partial charge in [0.1, 0.15) is 0 Å². The molecule has 7 nitrogen and oxygen atoms in total. The lowest BCUT2D eigenvalue weighted by Gasteiger charge is -2.32. The highest BCUT2D eigenvalue weighted by atomic mass is 16.4. The van der Waals surface area contributed by atoms with E-state index in [0.717, 1.165) is 42.8 Å². The molecule has 0 radical (unpaired) electrons. The van der Waals surface area contributed by atoms with E-state index < -0.39 is 5.97 Å². The molecule has 218 valence electrons. The van der Waals surface area contributed by atoms with Crippen molar-refractivity contribution in [1.82, 2.24) is 14.7 Å². The van der Waals surface area contributed by atoms with Gasteiger partial charge in [0.15, 0.2) is 0 Å². The number of aliphatic carboxylic acids is 1. The molecule has 42 heavy (non-hydrogen) atoms. The van der Waals surface area contributed by atoms with Crippen LogP contribution in [0.25, 0.3) is 5.69 Å². The van der Waals surface area contributed by atoms with Crippen molar-refractivity contribution in [2.45, 2.75) is 57.4 Å². The van der Waals surface area contributed by atoms with Gasteiger partial charge in [0.2, 0.25) is 0 Å². The first-order valence-corrected chi connectivity index (χ1v) is 15.0. The van der Waals surface area contributed by atoms with Gasteiger partial charge in [-0.05, 0) is 73.6 Å². The molecule has 0 spiro atoms. The quantitative estimate of drug-likeness (QED) is 0.195. The molecule has 5 rings (SSSR count). The zero-order valence-corrected chi connectivity index (χ0v) is 24.3. The van der Waals surface area contributed by atoms with Crippen molar-refractivity contribution in [2.24, 2.45) is 5.92 Å². The summed E-state index contributed by atoms with van der Waals surface area (Å²) in [4.78, 5) is 25.2. The Morgan fingerprint density at radius 2 is 1.60 bits per heavy atom. The van der Waals surface area contributed by atoms with Crippen LogP contribution in [0.15, 0.2) is 91.1 Å². The van der Waals surface area contributed by atoms with Gasteiger partial charge in [0.05, 0.1) is 23.8 Å². The second-order valence-electron chi connectivity index (χ2n) is 11.3. The Bertz CT molecular complexity index is 1440. The topological polar surface area (TPSA) is 87.5 Å². The van der Waals surface area contributed by atoms with Crippen LogP contribution in [0.3, 0.4) is 0 Å². The summed E-state index contributed by atoms with van der Waals surface area (Å²) >= 11 is 0. The van der Waals surface area contributed by atoms with Crippen LogP contribution in [0.2, 0.25) is 0 Å². The second kappa shape index (κ2) is 14.0. The van der Waals surface area contributed by atoms with Crippen LogP contribution in [0, 0.1) is 5.92 Å². The number of anilines is 1. The molecule has 1 atom stereocenters. The maximum atomic E-state index is 12.8. The Labute approximate surface area is 248 Å². The number of nitrogens with one attached hydrogen (secondary N) is 1. The van der Waals surface area contributed by atoms with Crippen LogP contribution in [0.5, 0.6) is 0 Å². The molecule has 1 fully saturated rings. The van der Waals surface area contributed by atoms with E-state index in [4.69, 9.17) is 10.2 Å². The lowest BCUT2D eigenvalue weighted by Crippen LogP contribution is -2.29. The number of aryl methyl sites for hydroxylation is 2. The van der Waals surface area contributed by atoms with E-state index in [9.17, 15) is 9.59 Å². The predicted molar refractivity (Wildman–Crippen MR) is 166 cm³/mol. The van der Waals surface area contributed by atoms with Crippen molar-refractivity contribution in [3.63, 3.8) is 0 Å². The molecular weight excluding hydrogens is 524 g/mol. The molecule has 1 heterocycles. The van der Waals surface area contributed by atoms with Crippen LogP contribution < -0.4 is 5.32 Å². The molecule has 1 aromatic heterocycles. The summed E-state index contributed by atoms with van der Waals surface area (Å²) in [6, 6.07) is 28.5. The number of carboxylic acids is 1. The average Bonchev–Trinajstić information content (AvgIpc) is 3.46. The van der Waals surface area contributed by atoms with E-state index >= 15 is 0 Å². The van der Waals surface area contributed by atoms with Crippen LogP contribution in [0.1, 0.15) is 71.7 Å². The summed E-state index contributed by atoms with van der Waals surface area (Å²) in [5.74, 6) is -0.619. The SMILES string of the molecule is CN(CCC(=O)O)C(=O)c1ccc(NC(c2cn(-c3ccccc3)nc2CCc2ccccc2)C2CCCCC2)cc1. The Balaban J connectivity index is 1.43. The summed E-state index contributed by atoms with van der Waals surface area (Å²) in [6.45, 7) is 0.176. The summed E-state index contributed by atoms with van der Waals surface area (Å²) in [5, 5.41) is 17.9. The maximum absolute atomic E-state index is 12.8. The third-order valence-corrected chi connectivity index (χ3v) is 8.26. The molecule has 2 N–H and O–H groups in total. The van der Waals surface area contributed by atoms with E-state index in [-0.39, 0.29) is 24.9 Å². The molecular formula is C35H40N4O3. The van der Waals surface area contributed by atoms with E-state index in [0.29, 0.717) is 11.5 Å². The fourth-order valence-corrected chi connectivity index (χ4v) is 5.89. The van der Waals surface area contributed by atoms with Gasteiger partial charge in [-0.3, -0.25) is 9.59 Å². The third-order valence-electron chi connectivity index (χ3n) is 8.26. The smallest absolute Gasteiger partial charge is 0.305 e. The molecule has 4 aromatic rings. The Morgan fingerprint density at radius 1 is 0.929 bits per heavy atom. The molecule has 1 aliphatic rings. The summed E-state index contributed by atoms with van der Waals surface area (Å²) < 4.78 is 2.02. The predicted octanol–water partition coefficient (Wildman–Crippen LogP) is 6.94. The lowest BCUT2D eigenvalue weighted by molar-refractivity contribution is -0.137. The molecule has 1 saturated carbocycles. The van der Waals surface area contributed by atoms with Crippen molar-refractivity contribution >= 4 is 17.6 Å². The van der Waals surface area contributed by atoms with Crippen molar-refractivity contribution in [1.29, 1.82) is 0 Å². The number of hydrogen-bond acceptors (Lipinski definition) is 4. The standard InChI is InChI=1S/C35H40N4O3/c1-38(24-23-33(40)41)35(42)28-18-20-29(21-19-28)36-34(27-13-7-3-8-14-27)31-25-39(30-15-9-4-10-16-30)37-32(31)22-17-26-11-5-2-6-12-26/h2,4-6,9-12,15-16,18-21,25,27,34,36H,3,7-8,13-14,17,22-24H2,1H3,(H,40,41). The van der Waals surface area contributed by atoms with Crippen molar-refractivity contribution in [2.75, 3.05) is 18.9 Å². The molecule has 1 aliphatic carbocycles. The van der Waals surface area contributed by atoms with Crippen LogP contribution >= 0.6 is 0 Å². The summed E-state index contributed by atoms with van der Waals surface area (Å²) in [5.41, 5.74) is 6.18. The molecule has 3 aromatic carbocycles. The number of nitrogens with zero attached hydrogens (tertiary/aromatic N) is 3. The van der Waals surface area contributed by atoms with Crippen LogP contribution in [-0.4, -0.2) is 45.3 Å². The second-order valence-corrected chi connectivity index (χ2v) is 11.3. The number of hydrogen-bond donors (Lipinski definition) is 2. The number of benzene rings is 3. The largest absolute Gasteiger partial charge is 0.481 e. The van der Waals surface area contributed by atoms with Crippen molar-refractivity contribution < 1.29 is 14.7 Å². The van der Waals surface area contributed by atoms with Crippen LogP contribution in [-0.2, 0) is 17.6 Å². The highest BCUT2D eigenvalue weighted by molar-refractivity contribution is 5.94. The number of amides is 1. The van der Waals surface area contributed by atoms with Gasteiger partial charge in [0, 0.05) is 36.6 Å². The molecule has 1 unspecified atom stereocenters. The number of aromatic nitrogens is 2. The van der Waals surface area contributed by atoms with Gasteiger partial charge in [-0.25, -0.2) is 4.68 Å². The van der Waals surface area contributed by atoms with Gasteiger partial charge in [-0.2, -0.15) is 5.10 Å². The lowest BCUT2D eigenvalue weighted by atomic mass is 9.80. The highest BCUT2D eigenvalue weighted by Crippen LogP contribution is 2.38. The molecule has 0 bridgehead atoms. The monoisotopic (exact) mass is 564 g/mol. The minimum Gasteiger partial charge on any atom is -0.481 e. The van der Waals surface area contributed by atoms with Crippen molar-refractivity contribution in [3.8, 4) is 5.69 Å². The van der Waals surface area contributed by atoms with E-state index in [1.807, 2.05) is 47.1 Å². The average molecular weight is 565 g/mol. The fourth-order valence-electron chi connectivity index (χ4n) is 5.89. The van der Waals surface area contributed by atoms with E-state index in [1.54, 1.807) is 7.05 Å². The number of carbonyl (C=O) groups excluding carboxylic acids is 1. The molecule has 1 amide bonds. The van der Waals surface area contributed by atoms with Gasteiger partial charge < -0.3 is 15.3 Å². The van der Waals surface area contributed by atoms with Gasteiger partial charge >= 0.3 is 5.97 Å². The minimum absolute atomic E-state index is 0.0752. The summed E-state index contributed by atoms with van der Waals surface area (Å²) in [6.07, 6.45) is 9.96. The minimum atomic E-state index is -0.915. The molecule has 0 aliphatic heterocycles. The molecule has 0 saturated heterocycles. The first kappa shape index (κ1) is 29.1. The zero-order valence-electron chi connectivity index (χ0n) is 24.3. The first-order chi connectivity index (χ1) is 20.5. The third kappa shape index (κ3) is 7.46. The number of carboxylic acid groups (broad SMARTS) is 1. The number of rotatable bonds is 12. The van der Waals surface area contributed by atoms with Gasteiger partial charge in [0.25, 0.3) is 5.91 Å². The highest BCUT2D eigenvalue weighted by Gasteiger charge is 2.29.